The third-order valence-electron chi connectivity index (χ3n) is 5.57. The molecule has 0 spiro atoms. The number of rotatable bonds is 5. The minimum atomic E-state index is -1.02. The number of carbonyl (C=O) groups excluding carboxylic acids is 2. The van der Waals surface area contributed by atoms with Gasteiger partial charge in [-0.1, -0.05) is 23.7 Å². The molecule has 2 heterocycles. The van der Waals surface area contributed by atoms with E-state index in [1.807, 2.05) is 6.92 Å². The maximum absolute atomic E-state index is 13.3. The van der Waals surface area contributed by atoms with E-state index in [0.717, 1.165) is 5.56 Å². The third-order valence-corrected chi connectivity index (χ3v) is 5.98. The van der Waals surface area contributed by atoms with Crippen molar-refractivity contribution in [2.75, 3.05) is 19.1 Å². The molecule has 1 saturated heterocycles. The number of halogens is 1. The van der Waals surface area contributed by atoms with Crippen LogP contribution in [0.5, 0.6) is 11.5 Å². The standard InChI is InChI=1S/C25H22ClNO6/c1-13-8-10-15(12-16(13)26)27-22(19-11-9-14(2)33-19)21(24(29)25(27)30)23(28)20-17(31-3)6-5-7-18(20)32-4/h5-12,22,28H,1-4H3/b23-21+. The number of ether oxygens (including phenoxy) is 2. The van der Waals surface area contributed by atoms with E-state index in [1.165, 1.54) is 19.1 Å². The van der Waals surface area contributed by atoms with Crippen molar-refractivity contribution < 1.29 is 28.6 Å². The number of methoxy groups -OCH3 is 2. The summed E-state index contributed by atoms with van der Waals surface area (Å²) in [4.78, 5) is 27.8. The topological polar surface area (TPSA) is 89.2 Å². The van der Waals surface area contributed by atoms with Crippen LogP contribution in [0.25, 0.3) is 5.76 Å². The van der Waals surface area contributed by atoms with Crippen LogP contribution in [0.15, 0.2) is 58.5 Å². The molecular weight excluding hydrogens is 446 g/mol. The fourth-order valence-electron chi connectivity index (χ4n) is 3.92. The van der Waals surface area contributed by atoms with Crippen molar-refractivity contribution >= 4 is 34.7 Å². The number of hydrogen-bond acceptors (Lipinski definition) is 6. The molecule has 170 valence electrons. The number of benzene rings is 2. The molecule has 0 bridgehead atoms. The highest BCUT2D eigenvalue weighted by atomic mass is 35.5. The molecule has 8 heteroatoms. The Labute approximate surface area is 195 Å². The van der Waals surface area contributed by atoms with E-state index in [-0.39, 0.29) is 22.6 Å². The number of aliphatic hydroxyl groups excluding tert-OH is 1. The molecule has 33 heavy (non-hydrogen) atoms. The van der Waals surface area contributed by atoms with Gasteiger partial charge in [-0.3, -0.25) is 14.5 Å². The highest BCUT2D eigenvalue weighted by molar-refractivity contribution is 6.51. The quantitative estimate of drug-likeness (QED) is 0.315. The Kier molecular flexibility index (Phi) is 5.91. The SMILES string of the molecule is COc1cccc(OC)c1/C(O)=C1\C(=O)C(=O)N(c2ccc(C)c(Cl)c2)C1c1ccc(C)o1. The predicted molar refractivity (Wildman–Crippen MR) is 124 cm³/mol. The van der Waals surface area contributed by atoms with Crippen LogP contribution in [0.2, 0.25) is 5.02 Å². The van der Waals surface area contributed by atoms with Crippen molar-refractivity contribution in [1.29, 1.82) is 0 Å². The summed E-state index contributed by atoms with van der Waals surface area (Å²) >= 11 is 6.31. The third kappa shape index (κ3) is 3.74. The van der Waals surface area contributed by atoms with Gasteiger partial charge in [0.15, 0.2) is 0 Å². The van der Waals surface area contributed by atoms with Crippen molar-refractivity contribution in [1.82, 2.24) is 0 Å². The first kappa shape index (κ1) is 22.5. The number of aryl methyl sites for hydroxylation is 2. The summed E-state index contributed by atoms with van der Waals surface area (Å²) in [6.45, 7) is 3.59. The fraction of sp³-hybridized carbons (Fsp3) is 0.200. The Morgan fingerprint density at radius 2 is 1.70 bits per heavy atom. The van der Waals surface area contributed by atoms with Gasteiger partial charge in [0, 0.05) is 10.7 Å². The summed E-state index contributed by atoms with van der Waals surface area (Å²) in [6.07, 6.45) is 0. The van der Waals surface area contributed by atoms with Crippen LogP contribution in [-0.2, 0) is 9.59 Å². The highest BCUT2D eigenvalue weighted by Gasteiger charge is 2.49. The van der Waals surface area contributed by atoms with Crippen molar-refractivity contribution in [3.63, 3.8) is 0 Å². The molecule has 1 aromatic heterocycles. The van der Waals surface area contributed by atoms with Crippen molar-refractivity contribution in [3.8, 4) is 11.5 Å². The lowest BCUT2D eigenvalue weighted by Crippen LogP contribution is -2.29. The fourth-order valence-corrected chi connectivity index (χ4v) is 4.09. The maximum Gasteiger partial charge on any atom is 0.300 e. The number of furan rings is 1. The number of Topliss-reactive ketones (excluding diaryl/α,β-unsaturated/α-hetero) is 1. The molecule has 1 atom stereocenters. The lowest BCUT2D eigenvalue weighted by Gasteiger charge is -2.24. The second-order valence-electron chi connectivity index (χ2n) is 7.59. The second-order valence-corrected chi connectivity index (χ2v) is 8.00. The van der Waals surface area contributed by atoms with Gasteiger partial charge in [-0.25, -0.2) is 0 Å². The zero-order valence-corrected chi connectivity index (χ0v) is 19.3. The van der Waals surface area contributed by atoms with Crippen LogP contribution in [0.4, 0.5) is 5.69 Å². The molecule has 0 radical (unpaired) electrons. The molecule has 1 fully saturated rings. The van der Waals surface area contributed by atoms with Crippen LogP contribution in [0, 0.1) is 13.8 Å². The Balaban J connectivity index is 2.00. The number of anilines is 1. The molecule has 0 saturated carbocycles. The first-order valence-electron chi connectivity index (χ1n) is 10.1. The van der Waals surface area contributed by atoms with Crippen LogP contribution in [-0.4, -0.2) is 31.0 Å². The molecule has 1 amide bonds. The Bertz CT molecular complexity index is 1270. The summed E-state index contributed by atoms with van der Waals surface area (Å²) in [5, 5.41) is 11.8. The predicted octanol–water partition coefficient (Wildman–Crippen LogP) is 5.19. The number of carbonyl (C=O) groups is 2. The summed E-state index contributed by atoms with van der Waals surface area (Å²) in [7, 11) is 2.87. The van der Waals surface area contributed by atoms with E-state index >= 15 is 0 Å². The van der Waals surface area contributed by atoms with E-state index in [4.69, 9.17) is 25.5 Å². The Hall–Kier alpha value is -3.71. The minimum Gasteiger partial charge on any atom is -0.506 e. The Morgan fingerprint density at radius 1 is 1.03 bits per heavy atom. The first-order valence-corrected chi connectivity index (χ1v) is 10.5. The summed E-state index contributed by atoms with van der Waals surface area (Å²) in [5.74, 6) is -0.633. The molecule has 0 aliphatic carbocycles. The highest BCUT2D eigenvalue weighted by Crippen LogP contribution is 2.45. The molecule has 1 unspecified atom stereocenters. The average Bonchev–Trinajstić information content (AvgIpc) is 3.35. The smallest absolute Gasteiger partial charge is 0.300 e. The Morgan fingerprint density at radius 3 is 2.24 bits per heavy atom. The summed E-state index contributed by atoms with van der Waals surface area (Å²) in [5.41, 5.74) is 1.24. The van der Waals surface area contributed by atoms with Gasteiger partial charge in [0.25, 0.3) is 11.7 Å². The van der Waals surface area contributed by atoms with Crippen LogP contribution >= 0.6 is 11.6 Å². The zero-order chi connectivity index (χ0) is 23.9. The van der Waals surface area contributed by atoms with Gasteiger partial charge in [0.1, 0.15) is 40.4 Å². The lowest BCUT2D eigenvalue weighted by molar-refractivity contribution is -0.132. The molecule has 4 rings (SSSR count). The van der Waals surface area contributed by atoms with E-state index in [2.05, 4.69) is 0 Å². The van der Waals surface area contributed by atoms with Gasteiger partial charge >= 0.3 is 0 Å². The van der Waals surface area contributed by atoms with E-state index in [9.17, 15) is 14.7 Å². The number of aliphatic hydroxyl groups is 1. The van der Waals surface area contributed by atoms with Gasteiger partial charge in [0.05, 0.1) is 19.8 Å². The second kappa shape index (κ2) is 8.67. The van der Waals surface area contributed by atoms with Crippen molar-refractivity contribution in [2.45, 2.75) is 19.9 Å². The van der Waals surface area contributed by atoms with Crippen LogP contribution in [0.1, 0.15) is 28.7 Å². The monoisotopic (exact) mass is 467 g/mol. The molecule has 1 N–H and O–H groups in total. The van der Waals surface area contributed by atoms with E-state index in [0.29, 0.717) is 22.2 Å². The van der Waals surface area contributed by atoms with Gasteiger partial charge in [-0.2, -0.15) is 0 Å². The molecular formula is C25H22ClNO6. The summed E-state index contributed by atoms with van der Waals surface area (Å²) < 4.78 is 16.6. The molecule has 2 aromatic carbocycles. The van der Waals surface area contributed by atoms with E-state index in [1.54, 1.807) is 55.5 Å². The average molecular weight is 468 g/mol. The van der Waals surface area contributed by atoms with Gasteiger partial charge < -0.3 is 19.0 Å². The zero-order valence-electron chi connectivity index (χ0n) is 18.5. The minimum absolute atomic E-state index is 0.145. The molecule has 1 aliphatic rings. The largest absolute Gasteiger partial charge is 0.506 e. The number of amides is 1. The van der Waals surface area contributed by atoms with Gasteiger partial charge in [-0.15, -0.1) is 0 Å². The number of nitrogens with zero attached hydrogens (tertiary/aromatic N) is 1. The molecule has 3 aromatic rings. The van der Waals surface area contributed by atoms with Crippen LogP contribution in [0.3, 0.4) is 0 Å². The molecule has 1 aliphatic heterocycles. The van der Waals surface area contributed by atoms with Gasteiger partial charge in [0.2, 0.25) is 0 Å². The number of hydrogen-bond donors (Lipinski definition) is 1. The normalized spacial score (nSPS) is 17.5. The number of ketones is 1. The maximum atomic E-state index is 13.3. The molecule has 7 nitrogen and oxygen atoms in total. The van der Waals surface area contributed by atoms with Crippen molar-refractivity contribution in [2.24, 2.45) is 0 Å². The van der Waals surface area contributed by atoms with Gasteiger partial charge in [-0.05, 0) is 55.8 Å². The first-order chi connectivity index (χ1) is 15.8. The van der Waals surface area contributed by atoms with E-state index < -0.39 is 23.5 Å². The summed E-state index contributed by atoms with van der Waals surface area (Å²) in [6, 6.07) is 12.4. The van der Waals surface area contributed by atoms with Crippen molar-refractivity contribution in [3.05, 3.63) is 81.8 Å². The van der Waals surface area contributed by atoms with Crippen LogP contribution < -0.4 is 14.4 Å². The lowest BCUT2D eigenvalue weighted by atomic mass is 9.98.